The Morgan fingerprint density at radius 1 is 1.16 bits per heavy atom. The van der Waals surface area contributed by atoms with E-state index in [0.29, 0.717) is 0 Å². The smallest absolute Gasteiger partial charge is 0.282 e. The molecular weight excluding hydrogens is 248 g/mol. The molecule has 0 aliphatic heterocycles. The molecule has 0 aromatic heterocycles. The summed E-state index contributed by atoms with van der Waals surface area (Å²) in [4.78, 5) is 0. The van der Waals surface area contributed by atoms with Crippen LogP contribution in [-0.2, 0) is 0 Å². The Balaban J connectivity index is 1.64. The van der Waals surface area contributed by atoms with Gasteiger partial charge in [0.1, 0.15) is 6.61 Å². The zero-order valence-electron chi connectivity index (χ0n) is 11.7. The topological polar surface area (TPSA) is 32.3 Å². The molecule has 4 heteroatoms. The van der Waals surface area contributed by atoms with Crippen molar-refractivity contribution in [2.24, 2.45) is 23.2 Å². The second-order valence-electron chi connectivity index (χ2n) is 7.40. The van der Waals surface area contributed by atoms with Crippen molar-refractivity contribution in [3.63, 3.8) is 0 Å². The molecule has 0 spiro atoms. The van der Waals surface area contributed by atoms with Crippen molar-refractivity contribution >= 4 is 0 Å². The fourth-order valence-electron chi connectivity index (χ4n) is 5.28. The molecule has 0 amide bonds. The maximum atomic E-state index is 13.2. The van der Waals surface area contributed by atoms with Gasteiger partial charge in [-0.2, -0.15) is 0 Å². The summed E-state index contributed by atoms with van der Waals surface area (Å²) in [5.41, 5.74) is 0.250. The Labute approximate surface area is 114 Å². The summed E-state index contributed by atoms with van der Waals surface area (Å²) in [6, 6.07) is 0.137. The first-order chi connectivity index (χ1) is 8.92. The van der Waals surface area contributed by atoms with Gasteiger partial charge in [0.25, 0.3) is 5.92 Å². The molecular formula is C15H25F2NO. The second-order valence-corrected chi connectivity index (χ2v) is 7.40. The van der Waals surface area contributed by atoms with Gasteiger partial charge in [-0.05, 0) is 68.6 Å². The van der Waals surface area contributed by atoms with Gasteiger partial charge in [-0.1, -0.05) is 0 Å². The van der Waals surface area contributed by atoms with Gasteiger partial charge in [0.15, 0.2) is 0 Å². The zero-order chi connectivity index (χ0) is 13.7. The van der Waals surface area contributed by atoms with Crippen LogP contribution in [-0.4, -0.2) is 30.2 Å². The average molecular weight is 273 g/mol. The summed E-state index contributed by atoms with van der Waals surface area (Å²) < 4.78 is 26.3. The van der Waals surface area contributed by atoms with E-state index in [9.17, 15) is 8.78 Å². The zero-order valence-corrected chi connectivity index (χ0v) is 11.7. The van der Waals surface area contributed by atoms with Gasteiger partial charge in [0.2, 0.25) is 0 Å². The number of hydrogen-bond donors (Lipinski definition) is 2. The fraction of sp³-hybridized carbons (Fsp3) is 1.00. The van der Waals surface area contributed by atoms with E-state index in [0.717, 1.165) is 17.8 Å². The first kappa shape index (κ1) is 13.7. The van der Waals surface area contributed by atoms with Crippen LogP contribution in [0.1, 0.15) is 45.4 Å². The predicted octanol–water partition coefficient (Wildman–Crippen LogP) is 2.81. The van der Waals surface area contributed by atoms with Crippen LogP contribution >= 0.6 is 0 Å². The maximum Gasteiger partial charge on any atom is 0.282 e. The summed E-state index contributed by atoms with van der Waals surface area (Å²) in [6.45, 7) is 0.612. The van der Waals surface area contributed by atoms with Crippen LogP contribution in [0.2, 0.25) is 0 Å². The van der Waals surface area contributed by atoms with Crippen molar-refractivity contribution in [1.82, 2.24) is 5.32 Å². The van der Waals surface area contributed by atoms with Gasteiger partial charge in [-0.3, -0.25) is 0 Å². The number of aliphatic hydroxyl groups excluding tert-OH is 1. The van der Waals surface area contributed by atoms with Crippen LogP contribution in [0.25, 0.3) is 0 Å². The Hall–Kier alpha value is -0.220. The van der Waals surface area contributed by atoms with E-state index in [-0.39, 0.29) is 11.5 Å². The predicted molar refractivity (Wildman–Crippen MR) is 70.1 cm³/mol. The van der Waals surface area contributed by atoms with Crippen molar-refractivity contribution in [3.8, 4) is 0 Å². The number of nitrogens with one attached hydrogen (secondary N) is 1. The van der Waals surface area contributed by atoms with Gasteiger partial charge in [-0.25, -0.2) is 8.78 Å². The highest BCUT2D eigenvalue weighted by Crippen LogP contribution is 2.61. The summed E-state index contributed by atoms with van der Waals surface area (Å²) in [7, 11) is 0. The van der Waals surface area contributed by atoms with E-state index < -0.39 is 19.1 Å². The molecule has 2 nitrogen and oxygen atoms in total. The van der Waals surface area contributed by atoms with Crippen LogP contribution in [0, 0.1) is 23.2 Å². The Kier molecular flexibility index (Phi) is 3.37. The molecule has 4 rings (SSSR count). The lowest BCUT2D eigenvalue weighted by atomic mass is 9.48. The van der Waals surface area contributed by atoms with Gasteiger partial charge >= 0.3 is 0 Å². The maximum absolute atomic E-state index is 13.2. The largest absolute Gasteiger partial charge is 0.390 e. The lowest BCUT2D eigenvalue weighted by Gasteiger charge is -2.59. The first-order valence-electron chi connectivity index (χ1n) is 7.64. The average Bonchev–Trinajstić information content (AvgIpc) is 2.34. The van der Waals surface area contributed by atoms with Crippen molar-refractivity contribution in [3.05, 3.63) is 0 Å². The van der Waals surface area contributed by atoms with Crippen molar-refractivity contribution in [2.75, 3.05) is 13.2 Å². The fourth-order valence-corrected chi connectivity index (χ4v) is 5.28. The van der Waals surface area contributed by atoms with E-state index >= 15 is 0 Å². The van der Waals surface area contributed by atoms with Crippen LogP contribution in [0.3, 0.4) is 0 Å². The summed E-state index contributed by atoms with van der Waals surface area (Å²) in [5, 5.41) is 11.7. The van der Waals surface area contributed by atoms with E-state index in [1.807, 2.05) is 0 Å². The van der Waals surface area contributed by atoms with E-state index in [2.05, 4.69) is 12.2 Å². The van der Waals surface area contributed by atoms with Crippen LogP contribution in [0.15, 0.2) is 0 Å². The summed E-state index contributed by atoms with van der Waals surface area (Å²) in [6.07, 6.45) is 7.78. The van der Waals surface area contributed by atoms with Gasteiger partial charge in [0.05, 0.1) is 6.54 Å². The normalized spacial score (nSPS) is 42.6. The number of rotatable bonds is 5. The third kappa shape index (κ3) is 2.54. The third-order valence-electron chi connectivity index (χ3n) is 5.90. The molecule has 0 aromatic carbocycles. The number of halogens is 2. The van der Waals surface area contributed by atoms with E-state index in [1.165, 1.54) is 38.5 Å². The molecule has 4 bridgehead atoms. The Morgan fingerprint density at radius 2 is 1.63 bits per heavy atom. The first-order valence-corrected chi connectivity index (χ1v) is 7.64. The molecule has 4 fully saturated rings. The van der Waals surface area contributed by atoms with Gasteiger partial charge in [-0.15, -0.1) is 0 Å². The van der Waals surface area contributed by atoms with Crippen LogP contribution in [0.5, 0.6) is 0 Å². The highest BCUT2D eigenvalue weighted by molar-refractivity contribution is 5.05. The molecule has 0 heterocycles. The lowest BCUT2D eigenvalue weighted by Crippen LogP contribution is -2.56. The minimum atomic E-state index is -2.99. The van der Waals surface area contributed by atoms with Gasteiger partial charge in [0, 0.05) is 6.04 Å². The Morgan fingerprint density at radius 3 is 2.05 bits per heavy atom. The Bertz CT molecular complexity index is 310. The number of hydrogen-bond acceptors (Lipinski definition) is 2. The highest BCUT2D eigenvalue weighted by atomic mass is 19.3. The van der Waals surface area contributed by atoms with E-state index in [4.69, 9.17) is 5.11 Å². The highest BCUT2D eigenvalue weighted by Gasteiger charge is 2.53. The molecule has 2 N–H and O–H groups in total. The van der Waals surface area contributed by atoms with Crippen LogP contribution < -0.4 is 5.32 Å². The second kappa shape index (κ2) is 4.66. The van der Waals surface area contributed by atoms with Crippen molar-refractivity contribution in [1.29, 1.82) is 0 Å². The molecule has 4 aliphatic carbocycles. The standard InChI is InChI=1S/C15H25F2NO/c1-10(18-8-15(16,17)9-19)14-5-11-2-12(6-14)4-13(3-11)7-14/h10-13,18-19H,2-9H2,1H3. The molecule has 110 valence electrons. The van der Waals surface area contributed by atoms with Crippen molar-refractivity contribution < 1.29 is 13.9 Å². The minimum absolute atomic E-state index is 0.137. The molecule has 0 radical (unpaired) electrons. The molecule has 1 unspecified atom stereocenters. The number of aliphatic hydroxyl groups is 1. The van der Waals surface area contributed by atoms with E-state index in [1.54, 1.807) is 0 Å². The third-order valence-corrected chi connectivity index (χ3v) is 5.90. The minimum Gasteiger partial charge on any atom is -0.390 e. The monoisotopic (exact) mass is 273 g/mol. The SMILES string of the molecule is CC(NCC(F)(F)CO)C12CC3CC(CC(C3)C1)C2. The quantitative estimate of drug-likeness (QED) is 0.807. The summed E-state index contributed by atoms with van der Waals surface area (Å²) >= 11 is 0. The summed E-state index contributed by atoms with van der Waals surface area (Å²) in [5.74, 6) is -0.465. The molecule has 4 saturated carbocycles. The molecule has 0 aromatic rings. The number of alkyl halides is 2. The molecule has 4 aliphatic rings. The van der Waals surface area contributed by atoms with Crippen LogP contribution in [0.4, 0.5) is 8.78 Å². The lowest BCUT2D eigenvalue weighted by molar-refractivity contribution is -0.0839. The van der Waals surface area contributed by atoms with Gasteiger partial charge < -0.3 is 10.4 Å². The molecule has 19 heavy (non-hydrogen) atoms. The molecule has 1 atom stereocenters. The molecule has 0 saturated heterocycles. The van der Waals surface area contributed by atoms with Crippen molar-refractivity contribution in [2.45, 2.75) is 57.4 Å².